The first-order chi connectivity index (χ1) is 7.20. The van der Waals surface area contributed by atoms with Crippen LogP contribution in [0.1, 0.15) is 0 Å². The lowest BCUT2D eigenvalue weighted by molar-refractivity contribution is 1.61. The quantitative estimate of drug-likeness (QED) is 0.738. The van der Waals surface area contributed by atoms with Gasteiger partial charge in [-0.05, 0) is 12.1 Å². The van der Waals surface area contributed by atoms with Gasteiger partial charge in [-0.3, -0.25) is 0 Å². The highest BCUT2D eigenvalue weighted by Crippen LogP contribution is 2.35. The molecule has 0 bridgehead atoms. The zero-order valence-electron chi connectivity index (χ0n) is 7.87. The van der Waals surface area contributed by atoms with Gasteiger partial charge in [-0.25, -0.2) is 0 Å². The molecule has 0 heterocycles. The Morgan fingerprint density at radius 1 is 0.800 bits per heavy atom. The topological polar surface area (TPSA) is 26.0 Å². The van der Waals surface area contributed by atoms with Gasteiger partial charge >= 0.3 is 0 Å². The monoisotopic (exact) mass is 237 g/mol. The highest BCUT2D eigenvalue weighted by atomic mass is 35.5. The van der Waals surface area contributed by atoms with Gasteiger partial charge in [0.2, 0.25) is 0 Å². The summed E-state index contributed by atoms with van der Waals surface area (Å²) in [4.78, 5) is 0. The van der Waals surface area contributed by atoms with Crippen LogP contribution >= 0.6 is 23.2 Å². The molecule has 0 aromatic heterocycles. The van der Waals surface area contributed by atoms with E-state index < -0.39 is 0 Å². The second-order valence-electron chi connectivity index (χ2n) is 3.19. The minimum absolute atomic E-state index is 0.547. The van der Waals surface area contributed by atoms with Crippen LogP contribution in [-0.4, -0.2) is 0 Å². The fourth-order valence-corrected chi connectivity index (χ4v) is 1.90. The number of rotatable bonds is 1. The second-order valence-corrected chi connectivity index (χ2v) is 3.97. The van der Waals surface area contributed by atoms with E-state index in [4.69, 9.17) is 28.9 Å². The molecule has 0 unspecified atom stereocenters. The van der Waals surface area contributed by atoms with Crippen LogP contribution in [0.4, 0.5) is 5.69 Å². The predicted molar refractivity (Wildman–Crippen MR) is 66.3 cm³/mol. The van der Waals surface area contributed by atoms with Gasteiger partial charge in [0.25, 0.3) is 0 Å². The van der Waals surface area contributed by atoms with Crippen molar-refractivity contribution in [3.05, 3.63) is 52.5 Å². The van der Waals surface area contributed by atoms with E-state index >= 15 is 0 Å². The number of nitrogens with two attached hydrogens (primary N) is 1. The van der Waals surface area contributed by atoms with Crippen molar-refractivity contribution >= 4 is 28.9 Å². The summed E-state index contributed by atoms with van der Waals surface area (Å²) < 4.78 is 0. The Kier molecular flexibility index (Phi) is 2.85. The molecule has 0 aliphatic rings. The van der Waals surface area contributed by atoms with E-state index in [0.717, 1.165) is 11.1 Å². The normalized spacial score (nSPS) is 10.3. The lowest BCUT2D eigenvalue weighted by Crippen LogP contribution is -1.88. The first kappa shape index (κ1) is 10.3. The predicted octanol–water partition coefficient (Wildman–Crippen LogP) is 4.24. The van der Waals surface area contributed by atoms with Crippen LogP contribution < -0.4 is 5.73 Å². The zero-order valence-corrected chi connectivity index (χ0v) is 9.39. The van der Waals surface area contributed by atoms with Crippen molar-refractivity contribution in [2.75, 3.05) is 5.73 Å². The van der Waals surface area contributed by atoms with Crippen molar-refractivity contribution in [1.82, 2.24) is 0 Å². The minimum atomic E-state index is 0.547. The minimum Gasteiger partial charge on any atom is -0.398 e. The fourth-order valence-electron chi connectivity index (χ4n) is 1.44. The molecule has 76 valence electrons. The number of benzene rings is 2. The van der Waals surface area contributed by atoms with Crippen LogP contribution in [0.3, 0.4) is 0 Å². The smallest absolute Gasteiger partial charge is 0.0714 e. The fraction of sp³-hybridized carbons (Fsp3) is 0. The van der Waals surface area contributed by atoms with Crippen molar-refractivity contribution in [2.24, 2.45) is 0 Å². The van der Waals surface area contributed by atoms with Crippen LogP contribution in [0.2, 0.25) is 10.0 Å². The molecule has 15 heavy (non-hydrogen) atoms. The van der Waals surface area contributed by atoms with E-state index in [9.17, 15) is 0 Å². The summed E-state index contributed by atoms with van der Waals surface area (Å²) in [6.45, 7) is 0. The molecule has 0 aliphatic heterocycles. The average Bonchev–Trinajstić information content (AvgIpc) is 2.23. The largest absolute Gasteiger partial charge is 0.398 e. The van der Waals surface area contributed by atoms with Crippen molar-refractivity contribution in [1.29, 1.82) is 0 Å². The van der Waals surface area contributed by atoms with Gasteiger partial charge in [0.1, 0.15) is 0 Å². The van der Waals surface area contributed by atoms with Crippen LogP contribution in [0.25, 0.3) is 11.1 Å². The van der Waals surface area contributed by atoms with Gasteiger partial charge in [0, 0.05) is 16.1 Å². The van der Waals surface area contributed by atoms with Crippen molar-refractivity contribution < 1.29 is 0 Å². The lowest BCUT2D eigenvalue weighted by Gasteiger charge is -2.08. The van der Waals surface area contributed by atoms with E-state index in [1.54, 1.807) is 6.07 Å². The zero-order chi connectivity index (χ0) is 10.8. The van der Waals surface area contributed by atoms with E-state index in [-0.39, 0.29) is 0 Å². The third-order valence-corrected chi connectivity index (χ3v) is 2.94. The molecule has 0 atom stereocenters. The third-order valence-electron chi connectivity index (χ3n) is 2.19. The van der Waals surface area contributed by atoms with Crippen LogP contribution in [0.5, 0.6) is 0 Å². The molecule has 2 aromatic carbocycles. The van der Waals surface area contributed by atoms with E-state index in [1.807, 2.05) is 36.4 Å². The maximum Gasteiger partial charge on any atom is 0.0714 e. The van der Waals surface area contributed by atoms with Gasteiger partial charge in [-0.1, -0.05) is 53.5 Å². The molecule has 1 nitrogen and oxygen atoms in total. The molecule has 0 saturated carbocycles. The highest BCUT2D eigenvalue weighted by Gasteiger charge is 2.08. The maximum atomic E-state index is 6.12. The van der Waals surface area contributed by atoms with Crippen LogP contribution in [-0.2, 0) is 0 Å². The molecule has 0 fully saturated rings. The molecule has 0 radical (unpaired) electrons. The lowest BCUT2D eigenvalue weighted by atomic mass is 10.1. The Bertz CT molecular complexity index is 495. The van der Waals surface area contributed by atoms with Gasteiger partial charge < -0.3 is 5.73 Å². The molecule has 0 amide bonds. The van der Waals surface area contributed by atoms with E-state index in [2.05, 4.69) is 0 Å². The standard InChI is InChI=1S/C12H9Cl2N/c13-10-6-2-1-4-8(10)9-5-3-7-11(15)12(9)14/h1-7H,15H2. The molecule has 0 aliphatic carbocycles. The Balaban J connectivity index is 2.65. The van der Waals surface area contributed by atoms with Crippen molar-refractivity contribution in [3.8, 4) is 11.1 Å². The summed E-state index contributed by atoms with van der Waals surface area (Å²) in [5.41, 5.74) is 8.06. The summed E-state index contributed by atoms with van der Waals surface area (Å²) in [5, 5.41) is 1.22. The first-order valence-corrected chi connectivity index (χ1v) is 5.24. The van der Waals surface area contributed by atoms with Gasteiger partial charge in [0.05, 0.1) is 10.7 Å². The third kappa shape index (κ3) is 1.94. The number of nitrogen functional groups attached to an aromatic ring is 1. The number of hydrogen-bond donors (Lipinski definition) is 1. The van der Waals surface area contributed by atoms with Gasteiger partial charge in [0.15, 0.2) is 0 Å². The molecule has 2 aromatic rings. The first-order valence-electron chi connectivity index (χ1n) is 4.49. The molecule has 2 N–H and O–H groups in total. The highest BCUT2D eigenvalue weighted by molar-refractivity contribution is 6.38. The maximum absolute atomic E-state index is 6.12. The number of hydrogen-bond acceptors (Lipinski definition) is 1. The van der Waals surface area contributed by atoms with Crippen LogP contribution in [0.15, 0.2) is 42.5 Å². The second kappa shape index (κ2) is 4.13. The average molecular weight is 238 g/mol. The molecule has 2 rings (SSSR count). The summed E-state index contributed by atoms with van der Waals surface area (Å²) in [5.74, 6) is 0. The molecule has 3 heteroatoms. The molecular formula is C12H9Cl2N. The van der Waals surface area contributed by atoms with E-state index in [0.29, 0.717) is 15.7 Å². The van der Waals surface area contributed by atoms with Gasteiger partial charge in [-0.15, -0.1) is 0 Å². The summed E-state index contributed by atoms with van der Waals surface area (Å²) in [6.07, 6.45) is 0. The van der Waals surface area contributed by atoms with Crippen molar-refractivity contribution in [3.63, 3.8) is 0 Å². The van der Waals surface area contributed by atoms with Crippen LogP contribution in [0, 0.1) is 0 Å². The summed E-state index contributed by atoms with van der Waals surface area (Å²) in [6, 6.07) is 13.1. The Morgan fingerprint density at radius 3 is 2.20 bits per heavy atom. The van der Waals surface area contributed by atoms with Gasteiger partial charge in [-0.2, -0.15) is 0 Å². The summed E-state index contributed by atoms with van der Waals surface area (Å²) in [7, 11) is 0. The molecule has 0 saturated heterocycles. The molecular weight excluding hydrogens is 229 g/mol. The van der Waals surface area contributed by atoms with Crippen molar-refractivity contribution in [2.45, 2.75) is 0 Å². The Morgan fingerprint density at radius 2 is 1.47 bits per heavy atom. The van der Waals surface area contributed by atoms with E-state index in [1.165, 1.54) is 0 Å². The number of anilines is 1. The SMILES string of the molecule is Nc1cccc(-c2ccccc2Cl)c1Cl. The number of halogens is 2. The Labute approximate surface area is 98.4 Å². The summed E-state index contributed by atoms with van der Waals surface area (Å²) >= 11 is 12.2. The Hall–Kier alpha value is -1.18. The molecule has 0 spiro atoms.